The number of nitrogens with one attached hydrogen (secondary N) is 2. The van der Waals surface area contributed by atoms with Crippen molar-refractivity contribution in [2.45, 2.75) is 6.42 Å². The van der Waals surface area contributed by atoms with E-state index >= 15 is 0 Å². The van der Waals surface area contributed by atoms with Crippen LogP contribution in [0.15, 0.2) is 30.3 Å². The van der Waals surface area contributed by atoms with Gasteiger partial charge in [-0.05, 0) is 23.8 Å². The molecule has 108 valence electrons. The number of carbonyl (C=O) groups excluding carboxylic acids is 2. The molecule has 0 bridgehead atoms. The molecule has 0 radical (unpaired) electrons. The minimum atomic E-state index is -1.24. The van der Waals surface area contributed by atoms with Crippen LogP contribution in [0.25, 0.3) is 6.08 Å². The normalized spacial score (nSPS) is 10.9. The Morgan fingerprint density at radius 1 is 1.25 bits per heavy atom. The molecule has 5 heteroatoms. The third kappa shape index (κ3) is 6.15. The minimum absolute atomic E-state index is 0.116. The van der Waals surface area contributed by atoms with Crippen molar-refractivity contribution in [2.24, 2.45) is 0 Å². The first-order valence-electron chi connectivity index (χ1n) is 6.55. The summed E-state index contributed by atoms with van der Waals surface area (Å²) in [6, 6.07) is 6.72. The molecule has 0 aromatic heterocycles. The highest BCUT2D eigenvalue weighted by Crippen LogP contribution is 2.06. The van der Waals surface area contributed by atoms with Gasteiger partial charge < -0.3 is 20.1 Å². The molecule has 0 atom stereocenters. The lowest BCUT2D eigenvalue weighted by atomic mass is 10.1. The van der Waals surface area contributed by atoms with Crippen LogP contribution in [0.2, 0.25) is 0 Å². The second-order valence-electron chi connectivity index (χ2n) is 4.84. The maximum absolute atomic E-state index is 11.8. The van der Waals surface area contributed by atoms with Crippen LogP contribution in [-0.4, -0.2) is 39.1 Å². The molecule has 0 spiro atoms. The average Bonchev–Trinajstić information content (AvgIpc) is 2.41. The maximum Gasteiger partial charge on any atom is 0.251 e. The van der Waals surface area contributed by atoms with Gasteiger partial charge in [0.25, 0.3) is 5.91 Å². The fraction of sp³-hybridized carbons (Fsp3) is 0.333. The Hall–Kier alpha value is -2.14. The summed E-state index contributed by atoms with van der Waals surface area (Å²) in [6.07, 6.45) is 3.32. The molecule has 0 unspecified atom stereocenters. The highest BCUT2D eigenvalue weighted by Gasteiger charge is 2.04. The number of quaternary nitrogens is 1. The first-order valence-corrected chi connectivity index (χ1v) is 6.55. The van der Waals surface area contributed by atoms with Crippen molar-refractivity contribution in [1.82, 2.24) is 5.32 Å². The fourth-order valence-corrected chi connectivity index (χ4v) is 1.66. The summed E-state index contributed by atoms with van der Waals surface area (Å²) in [7, 11) is 4.14. The molecule has 2 N–H and O–H groups in total. The first-order chi connectivity index (χ1) is 9.49. The monoisotopic (exact) mass is 276 g/mol. The van der Waals surface area contributed by atoms with Gasteiger partial charge in [0, 0.05) is 18.5 Å². The van der Waals surface area contributed by atoms with E-state index in [1.165, 1.54) is 11.0 Å². The van der Waals surface area contributed by atoms with Crippen LogP contribution in [0, 0.1) is 0 Å². The van der Waals surface area contributed by atoms with Crippen LogP contribution >= 0.6 is 0 Å². The van der Waals surface area contributed by atoms with Gasteiger partial charge in [0.2, 0.25) is 0 Å². The van der Waals surface area contributed by atoms with E-state index in [0.717, 1.165) is 19.0 Å². The van der Waals surface area contributed by atoms with Gasteiger partial charge in [-0.1, -0.05) is 18.2 Å². The number of benzene rings is 1. The van der Waals surface area contributed by atoms with Crippen molar-refractivity contribution in [3.63, 3.8) is 0 Å². The quantitative estimate of drug-likeness (QED) is 0.481. The Kier molecular flexibility index (Phi) is 6.46. The molecule has 1 aromatic rings. The van der Waals surface area contributed by atoms with Crippen molar-refractivity contribution in [1.29, 1.82) is 0 Å². The smallest absolute Gasteiger partial charge is 0.251 e. The lowest BCUT2D eigenvalue weighted by Crippen LogP contribution is -3.05. The summed E-state index contributed by atoms with van der Waals surface area (Å²) in [4.78, 5) is 23.5. The van der Waals surface area contributed by atoms with E-state index in [-0.39, 0.29) is 5.91 Å². The van der Waals surface area contributed by atoms with Gasteiger partial charge in [0.05, 0.1) is 26.6 Å². The van der Waals surface area contributed by atoms with E-state index in [1.54, 1.807) is 24.3 Å². The average molecular weight is 276 g/mol. The van der Waals surface area contributed by atoms with Gasteiger partial charge in [0.1, 0.15) is 0 Å². The summed E-state index contributed by atoms with van der Waals surface area (Å²) >= 11 is 0. The standard InChI is InChI=1S/C15H20N2O3/c1-17(2)11-3-10-16-15(20)13-7-4-12(5-8-13)6-9-14(18)19/h4-9H,3,10-11H2,1-2H3,(H,16,20)(H,18,19)/b9-6+. The predicted molar refractivity (Wildman–Crippen MR) is 75.1 cm³/mol. The van der Waals surface area contributed by atoms with Crippen LogP contribution < -0.4 is 15.3 Å². The molecule has 0 aliphatic rings. The number of carboxylic acids is 1. The second kappa shape index (κ2) is 8.12. The fourth-order valence-electron chi connectivity index (χ4n) is 1.66. The number of aliphatic carboxylic acids is 1. The Morgan fingerprint density at radius 2 is 1.90 bits per heavy atom. The van der Waals surface area contributed by atoms with Crippen molar-refractivity contribution >= 4 is 18.0 Å². The maximum atomic E-state index is 11.8. The van der Waals surface area contributed by atoms with Crippen molar-refractivity contribution in [3.05, 3.63) is 41.5 Å². The van der Waals surface area contributed by atoms with Crippen molar-refractivity contribution in [2.75, 3.05) is 27.2 Å². The van der Waals surface area contributed by atoms with Crippen LogP contribution in [0.1, 0.15) is 22.3 Å². The molecular weight excluding hydrogens is 256 g/mol. The molecule has 0 saturated heterocycles. The molecule has 1 aromatic carbocycles. The molecule has 5 nitrogen and oxygen atoms in total. The molecule has 0 fully saturated rings. The predicted octanol–water partition coefficient (Wildman–Crippen LogP) is -1.29. The third-order valence-corrected chi connectivity index (χ3v) is 2.72. The van der Waals surface area contributed by atoms with Gasteiger partial charge >= 0.3 is 0 Å². The van der Waals surface area contributed by atoms with Gasteiger partial charge in [-0.25, -0.2) is 0 Å². The summed E-state index contributed by atoms with van der Waals surface area (Å²) in [5.41, 5.74) is 1.27. The Balaban J connectivity index is 2.47. The van der Waals surface area contributed by atoms with E-state index in [9.17, 15) is 14.7 Å². The lowest BCUT2D eigenvalue weighted by molar-refractivity contribution is -0.858. The number of carbonyl (C=O) groups is 2. The zero-order chi connectivity index (χ0) is 15.0. The Morgan fingerprint density at radius 3 is 2.45 bits per heavy atom. The second-order valence-corrected chi connectivity index (χ2v) is 4.84. The molecular formula is C15H20N2O3. The zero-order valence-electron chi connectivity index (χ0n) is 11.8. The SMILES string of the molecule is C[NH+](C)CCCNC(=O)c1ccc(/C=C/C(=O)[O-])cc1. The third-order valence-electron chi connectivity index (χ3n) is 2.72. The summed E-state index contributed by atoms with van der Waals surface area (Å²) in [5.74, 6) is -1.36. The number of hydrogen-bond donors (Lipinski definition) is 2. The van der Waals surface area contributed by atoms with Gasteiger partial charge in [-0.15, -0.1) is 0 Å². The van der Waals surface area contributed by atoms with Crippen LogP contribution in [-0.2, 0) is 4.79 Å². The van der Waals surface area contributed by atoms with Crippen molar-refractivity contribution < 1.29 is 19.6 Å². The van der Waals surface area contributed by atoms with E-state index in [0.29, 0.717) is 17.7 Å². The number of hydrogen-bond acceptors (Lipinski definition) is 3. The molecule has 0 aliphatic heterocycles. The van der Waals surface area contributed by atoms with E-state index in [2.05, 4.69) is 19.4 Å². The Bertz CT molecular complexity index is 478. The lowest BCUT2D eigenvalue weighted by Gasteiger charge is -2.08. The molecule has 20 heavy (non-hydrogen) atoms. The van der Waals surface area contributed by atoms with E-state index in [1.807, 2.05) is 0 Å². The first kappa shape index (κ1) is 15.9. The minimum Gasteiger partial charge on any atom is -0.545 e. The van der Waals surface area contributed by atoms with Crippen LogP contribution in [0.3, 0.4) is 0 Å². The van der Waals surface area contributed by atoms with Crippen molar-refractivity contribution in [3.8, 4) is 0 Å². The topological polar surface area (TPSA) is 73.7 Å². The summed E-state index contributed by atoms with van der Waals surface area (Å²) < 4.78 is 0. The van der Waals surface area contributed by atoms with E-state index < -0.39 is 5.97 Å². The molecule has 1 rings (SSSR count). The van der Waals surface area contributed by atoms with Gasteiger partial charge in [-0.3, -0.25) is 4.79 Å². The summed E-state index contributed by atoms with van der Waals surface area (Å²) in [6.45, 7) is 1.66. The van der Waals surface area contributed by atoms with Crippen LogP contribution in [0.5, 0.6) is 0 Å². The van der Waals surface area contributed by atoms with Crippen LogP contribution in [0.4, 0.5) is 0 Å². The number of carboxylic acid groups (broad SMARTS) is 1. The molecule has 0 aliphatic carbocycles. The zero-order valence-corrected chi connectivity index (χ0v) is 11.8. The van der Waals surface area contributed by atoms with Gasteiger partial charge in [-0.2, -0.15) is 0 Å². The Labute approximate surface area is 118 Å². The van der Waals surface area contributed by atoms with Gasteiger partial charge in [0.15, 0.2) is 0 Å². The van der Waals surface area contributed by atoms with E-state index in [4.69, 9.17) is 0 Å². The number of amides is 1. The summed E-state index contributed by atoms with van der Waals surface area (Å²) in [5, 5.41) is 13.1. The highest BCUT2D eigenvalue weighted by molar-refractivity contribution is 5.94. The number of rotatable bonds is 7. The molecule has 0 saturated carbocycles. The molecule has 0 heterocycles. The highest BCUT2D eigenvalue weighted by atomic mass is 16.4. The largest absolute Gasteiger partial charge is 0.545 e. The molecule has 1 amide bonds.